The highest BCUT2D eigenvalue weighted by molar-refractivity contribution is 5.80. The first kappa shape index (κ1) is 14.7. The van der Waals surface area contributed by atoms with Gasteiger partial charge in [-0.2, -0.15) is 4.39 Å². The third-order valence-electron chi connectivity index (χ3n) is 4.25. The molecule has 0 saturated carbocycles. The second-order valence-corrected chi connectivity index (χ2v) is 5.88. The van der Waals surface area contributed by atoms with Gasteiger partial charge in [-0.3, -0.25) is 4.57 Å². The lowest BCUT2D eigenvalue weighted by molar-refractivity contribution is 0.584. The van der Waals surface area contributed by atoms with Crippen molar-refractivity contribution < 1.29 is 4.39 Å². The van der Waals surface area contributed by atoms with Crippen LogP contribution in [0.3, 0.4) is 0 Å². The number of nitrogens with zero attached hydrogens (tertiary/aromatic N) is 6. The molecule has 1 aliphatic rings. The Kier molecular flexibility index (Phi) is 3.24. The topological polar surface area (TPSA) is 61.4 Å². The highest BCUT2D eigenvalue weighted by Crippen LogP contribution is 2.25. The van der Waals surface area contributed by atoms with Crippen LogP contribution in [0, 0.1) is 5.95 Å². The molecule has 4 heterocycles. The van der Waals surface area contributed by atoms with Gasteiger partial charge in [-0.25, -0.2) is 19.9 Å². The molecule has 0 amide bonds. The van der Waals surface area contributed by atoms with E-state index < -0.39 is 5.95 Å². The zero-order chi connectivity index (χ0) is 17.5. The Hall–Kier alpha value is -3.61. The summed E-state index contributed by atoms with van der Waals surface area (Å²) in [7, 11) is 0. The summed E-state index contributed by atoms with van der Waals surface area (Å²) in [6, 6.07) is 8.49. The van der Waals surface area contributed by atoms with Gasteiger partial charge in [-0.1, -0.05) is 12.1 Å². The predicted molar refractivity (Wildman–Crippen MR) is 95.5 cm³/mol. The lowest BCUT2D eigenvalue weighted by Gasteiger charge is -2.14. The number of pyridine rings is 2. The van der Waals surface area contributed by atoms with E-state index in [0.29, 0.717) is 18.1 Å². The van der Waals surface area contributed by atoms with Crippen LogP contribution in [-0.4, -0.2) is 29.1 Å². The Morgan fingerprint density at radius 2 is 1.92 bits per heavy atom. The predicted octanol–water partition coefficient (Wildman–Crippen LogP) is 3.29. The summed E-state index contributed by atoms with van der Waals surface area (Å²) in [5.74, 6) is 0.886. The summed E-state index contributed by atoms with van der Waals surface area (Å²) in [6.45, 7) is 0.467. The minimum Gasteiger partial charge on any atom is -0.322 e. The maximum atomic E-state index is 13.5. The van der Waals surface area contributed by atoms with Crippen LogP contribution in [0.25, 0.3) is 28.4 Å². The fourth-order valence-electron chi connectivity index (χ4n) is 3.02. The molecule has 0 atom stereocenters. The van der Waals surface area contributed by atoms with E-state index in [1.54, 1.807) is 24.5 Å². The molecule has 0 bridgehead atoms. The van der Waals surface area contributed by atoms with Crippen molar-refractivity contribution in [2.75, 3.05) is 0 Å². The Balaban J connectivity index is 1.60. The molecule has 4 aromatic heterocycles. The van der Waals surface area contributed by atoms with Gasteiger partial charge in [-0.05, 0) is 36.4 Å². The lowest BCUT2D eigenvalue weighted by Crippen LogP contribution is -2.10. The van der Waals surface area contributed by atoms with Crippen LogP contribution >= 0.6 is 0 Å². The maximum Gasteiger partial charge on any atom is 0.213 e. The van der Waals surface area contributed by atoms with Crippen molar-refractivity contribution in [3.8, 4) is 11.5 Å². The van der Waals surface area contributed by atoms with Gasteiger partial charge in [0.05, 0.1) is 6.54 Å². The smallest absolute Gasteiger partial charge is 0.213 e. The summed E-state index contributed by atoms with van der Waals surface area (Å²) in [5.41, 5.74) is 3.16. The molecular formula is C19H13FN6. The molecule has 0 unspecified atom stereocenters. The second-order valence-electron chi connectivity index (χ2n) is 5.88. The van der Waals surface area contributed by atoms with E-state index in [1.807, 2.05) is 45.7 Å². The number of aromatic nitrogens is 6. The van der Waals surface area contributed by atoms with Gasteiger partial charge in [0.1, 0.15) is 17.0 Å². The standard InChI is InChI=1S/C19H13FN6/c20-16-8-2-6-14(23-16)18-22-10-11-25(18)12-17-24-15-7-3-9-21-19(15)26(17)13-4-1-5-13/h1-11H,12H2. The summed E-state index contributed by atoms with van der Waals surface area (Å²) < 4.78 is 17.4. The molecule has 0 spiro atoms. The first-order valence-electron chi connectivity index (χ1n) is 8.15. The van der Waals surface area contributed by atoms with Gasteiger partial charge in [0.25, 0.3) is 0 Å². The van der Waals surface area contributed by atoms with E-state index in [2.05, 4.69) is 15.0 Å². The summed E-state index contributed by atoms with van der Waals surface area (Å²) >= 11 is 0. The zero-order valence-electron chi connectivity index (χ0n) is 13.6. The van der Waals surface area contributed by atoms with E-state index >= 15 is 0 Å². The first-order chi connectivity index (χ1) is 12.8. The molecule has 4 aromatic rings. The van der Waals surface area contributed by atoms with Crippen LogP contribution in [0.1, 0.15) is 5.82 Å². The van der Waals surface area contributed by atoms with Crippen molar-refractivity contribution in [3.63, 3.8) is 0 Å². The highest BCUT2D eigenvalue weighted by Gasteiger charge is 2.17. The van der Waals surface area contributed by atoms with Crippen molar-refractivity contribution in [2.45, 2.75) is 6.54 Å². The van der Waals surface area contributed by atoms with Crippen molar-refractivity contribution in [3.05, 3.63) is 78.9 Å². The van der Waals surface area contributed by atoms with Crippen LogP contribution in [0.2, 0.25) is 0 Å². The average molecular weight is 344 g/mol. The molecule has 0 aliphatic heterocycles. The van der Waals surface area contributed by atoms with E-state index in [9.17, 15) is 4.39 Å². The van der Waals surface area contributed by atoms with Gasteiger partial charge in [0.15, 0.2) is 11.5 Å². The molecular weight excluding hydrogens is 331 g/mol. The van der Waals surface area contributed by atoms with Crippen molar-refractivity contribution >= 4 is 16.9 Å². The summed E-state index contributed by atoms with van der Waals surface area (Å²) in [6.07, 6.45) is 11.3. The number of imidazole rings is 2. The molecule has 0 aromatic carbocycles. The van der Waals surface area contributed by atoms with Crippen molar-refractivity contribution in [1.82, 2.24) is 29.1 Å². The molecule has 0 N–H and O–H groups in total. The van der Waals surface area contributed by atoms with Crippen LogP contribution in [0.15, 0.2) is 67.2 Å². The fraction of sp³-hybridized carbons (Fsp3) is 0.0526. The molecule has 0 radical (unpaired) electrons. The highest BCUT2D eigenvalue weighted by atomic mass is 19.1. The molecule has 6 nitrogen and oxygen atoms in total. The molecule has 0 saturated heterocycles. The number of hydrogen-bond donors (Lipinski definition) is 0. The molecule has 26 heavy (non-hydrogen) atoms. The Morgan fingerprint density at radius 3 is 2.73 bits per heavy atom. The quantitative estimate of drug-likeness (QED) is 0.533. The number of allylic oxidation sites excluding steroid dienone is 4. The van der Waals surface area contributed by atoms with Crippen LogP contribution in [0.5, 0.6) is 0 Å². The normalized spacial score (nSPS) is 13.0. The molecule has 126 valence electrons. The first-order valence-corrected chi connectivity index (χ1v) is 8.15. The van der Waals surface area contributed by atoms with Crippen LogP contribution < -0.4 is 0 Å². The summed E-state index contributed by atoms with van der Waals surface area (Å²) in [4.78, 5) is 17.5. The molecule has 1 aliphatic carbocycles. The number of fused-ring (bicyclic) bond motifs is 1. The summed E-state index contributed by atoms with van der Waals surface area (Å²) in [5, 5.41) is 0. The van der Waals surface area contributed by atoms with Crippen LogP contribution in [-0.2, 0) is 6.54 Å². The second kappa shape index (κ2) is 5.73. The molecule has 7 heteroatoms. The Morgan fingerprint density at radius 1 is 1.00 bits per heavy atom. The minimum absolute atomic E-state index is 0.467. The number of hydrogen-bond acceptors (Lipinski definition) is 4. The minimum atomic E-state index is -0.529. The average Bonchev–Trinajstić information content (AvgIpc) is 3.19. The Labute approximate surface area is 148 Å². The molecule has 0 fully saturated rings. The van der Waals surface area contributed by atoms with Crippen molar-refractivity contribution in [2.24, 2.45) is 0 Å². The van der Waals surface area contributed by atoms with E-state index in [0.717, 1.165) is 22.7 Å². The zero-order valence-corrected chi connectivity index (χ0v) is 13.6. The van der Waals surface area contributed by atoms with Gasteiger partial charge in [-0.15, -0.1) is 0 Å². The van der Waals surface area contributed by atoms with E-state index in [-0.39, 0.29) is 0 Å². The SMILES string of the molecule is Fc1cccc(-c2nccn2Cc2nc3cccnc3n2C2=CC=C2)n1. The molecule has 5 rings (SSSR count). The third-order valence-corrected chi connectivity index (χ3v) is 4.25. The van der Waals surface area contributed by atoms with E-state index in [1.165, 1.54) is 6.07 Å². The van der Waals surface area contributed by atoms with Gasteiger partial charge in [0.2, 0.25) is 5.95 Å². The number of halogens is 1. The Bertz CT molecular complexity index is 1180. The van der Waals surface area contributed by atoms with Crippen LogP contribution in [0.4, 0.5) is 4.39 Å². The van der Waals surface area contributed by atoms with Gasteiger partial charge < -0.3 is 4.57 Å². The third kappa shape index (κ3) is 2.33. The fourth-order valence-corrected chi connectivity index (χ4v) is 3.02. The maximum absolute atomic E-state index is 13.5. The van der Waals surface area contributed by atoms with E-state index in [4.69, 9.17) is 4.98 Å². The number of rotatable bonds is 4. The largest absolute Gasteiger partial charge is 0.322 e. The van der Waals surface area contributed by atoms with Gasteiger partial charge >= 0.3 is 0 Å². The van der Waals surface area contributed by atoms with Crippen molar-refractivity contribution in [1.29, 1.82) is 0 Å². The lowest BCUT2D eigenvalue weighted by atomic mass is 10.2. The monoisotopic (exact) mass is 344 g/mol. The van der Waals surface area contributed by atoms with Gasteiger partial charge in [0, 0.05) is 24.3 Å².